The lowest BCUT2D eigenvalue weighted by Gasteiger charge is -2.13. The van der Waals surface area contributed by atoms with Crippen molar-refractivity contribution in [1.82, 2.24) is 0 Å². The van der Waals surface area contributed by atoms with Gasteiger partial charge in [0.15, 0.2) is 5.43 Å². The largest absolute Gasteiger partial charge is 0.468 e. The first-order valence-corrected chi connectivity index (χ1v) is 9.10. The van der Waals surface area contributed by atoms with Crippen molar-refractivity contribution in [3.05, 3.63) is 79.7 Å². The number of methoxy groups -OCH3 is 1. The minimum absolute atomic E-state index is 0.0731. The highest BCUT2D eigenvalue weighted by Gasteiger charge is 2.28. The molecule has 2 heterocycles. The maximum absolute atomic E-state index is 12.4. The summed E-state index contributed by atoms with van der Waals surface area (Å²) in [5.74, 6) is 0.771. The highest BCUT2D eigenvalue weighted by Crippen LogP contribution is 2.35. The predicted molar refractivity (Wildman–Crippen MR) is 107 cm³/mol. The maximum Gasteiger partial charge on any atom is 0.291 e. The molecule has 1 aliphatic rings. The summed E-state index contributed by atoms with van der Waals surface area (Å²) in [6, 6.07) is 9.57. The second kappa shape index (κ2) is 8.28. The quantitative estimate of drug-likeness (QED) is 0.777. The van der Waals surface area contributed by atoms with E-state index in [0.29, 0.717) is 35.5 Å². The van der Waals surface area contributed by atoms with E-state index in [1.54, 1.807) is 26.0 Å². The van der Waals surface area contributed by atoms with Gasteiger partial charge in [0.2, 0.25) is 0 Å². The third kappa shape index (κ3) is 4.08. The number of ether oxygens (including phenoxy) is 2. The van der Waals surface area contributed by atoms with Crippen LogP contribution in [0.25, 0.3) is 6.08 Å². The Morgan fingerprint density at radius 3 is 2.61 bits per heavy atom. The third-order valence-electron chi connectivity index (χ3n) is 4.82. The number of hydrogen-bond acceptors (Lipinski definition) is 5. The average molecular weight is 377 g/mol. The van der Waals surface area contributed by atoms with Crippen LogP contribution in [0.15, 0.2) is 50.7 Å². The molecule has 0 N–H and O–H groups in total. The minimum Gasteiger partial charge on any atom is -0.468 e. The highest BCUT2D eigenvalue weighted by molar-refractivity contribution is 5.56. The molecule has 28 heavy (non-hydrogen) atoms. The molecule has 1 atom stereocenters. The molecular weight excluding hydrogens is 354 g/mol. The van der Waals surface area contributed by atoms with Crippen LogP contribution in [0, 0.1) is 25.2 Å². The van der Waals surface area contributed by atoms with Crippen LogP contribution < -0.4 is 10.2 Å². The fraction of sp³-hybridized carbons (Fsp3) is 0.304. The first-order valence-electron chi connectivity index (χ1n) is 9.10. The number of nitrogens with zero attached hydrogens (tertiary/aromatic N) is 1. The van der Waals surface area contributed by atoms with Gasteiger partial charge in [-0.2, -0.15) is 5.26 Å². The van der Waals surface area contributed by atoms with Crippen LogP contribution in [0.2, 0.25) is 0 Å². The van der Waals surface area contributed by atoms with Gasteiger partial charge in [0.25, 0.3) is 5.95 Å². The van der Waals surface area contributed by atoms with Gasteiger partial charge >= 0.3 is 0 Å². The molecule has 2 aromatic rings. The first kappa shape index (κ1) is 19.7. The lowest BCUT2D eigenvalue weighted by atomic mass is 10.0. The van der Waals surface area contributed by atoms with Crippen molar-refractivity contribution in [3.63, 3.8) is 0 Å². The SMILES string of the molecule is COc1oc([C@@H]2C/C(=C/C(C)=C\c3ccc(C#N)cc3)CO2)c(C)c(=O)c1C. The molecule has 1 aliphatic heterocycles. The predicted octanol–water partition coefficient (Wildman–Crippen LogP) is 4.63. The van der Waals surface area contributed by atoms with Crippen LogP contribution in [0.5, 0.6) is 5.95 Å². The monoisotopic (exact) mass is 377 g/mol. The maximum atomic E-state index is 12.4. The average Bonchev–Trinajstić information content (AvgIpc) is 3.15. The van der Waals surface area contributed by atoms with Crippen molar-refractivity contribution in [1.29, 1.82) is 5.26 Å². The summed E-state index contributed by atoms with van der Waals surface area (Å²) in [5.41, 5.74) is 4.86. The summed E-state index contributed by atoms with van der Waals surface area (Å²) < 4.78 is 16.9. The summed E-state index contributed by atoms with van der Waals surface area (Å²) in [6.07, 6.45) is 4.52. The molecule has 1 saturated heterocycles. The molecule has 0 bridgehead atoms. The van der Waals surface area contributed by atoms with Crippen LogP contribution in [-0.4, -0.2) is 13.7 Å². The molecule has 0 spiro atoms. The van der Waals surface area contributed by atoms with E-state index in [1.807, 2.05) is 19.1 Å². The molecule has 144 valence electrons. The number of nitriles is 1. The van der Waals surface area contributed by atoms with Crippen molar-refractivity contribution in [2.45, 2.75) is 33.3 Å². The van der Waals surface area contributed by atoms with Crippen molar-refractivity contribution in [2.75, 3.05) is 13.7 Å². The Bertz CT molecular complexity index is 1040. The van der Waals surface area contributed by atoms with E-state index in [0.717, 1.165) is 16.7 Å². The summed E-state index contributed by atoms with van der Waals surface area (Å²) in [5, 5.41) is 8.88. The van der Waals surface area contributed by atoms with Crippen LogP contribution in [0.1, 0.15) is 47.5 Å². The summed E-state index contributed by atoms with van der Waals surface area (Å²) in [4.78, 5) is 12.4. The minimum atomic E-state index is -0.295. The lowest BCUT2D eigenvalue weighted by Crippen LogP contribution is -2.15. The number of hydrogen-bond donors (Lipinski definition) is 0. The van der Waals surface area contributed by atoms with Crippen LogP contribution in [0.4, 0.5) is 0 Å². The Morgan fingerprint density at radius 1 is 1.25 bits per heavy atom. The summed E-state index contributed by atoms with van der Waals surface area (Å²) >= 11 is 0. The Labute approximate surface area is 164 Å². The van der Waals surface area contributed by atoms with Gasteiger partial charge in [-0.15, -0.1) is 0 Å². The smallest absolute Gasteiger partial charge is 0.291 e. The molecule has 0 aliphatic carbocycles. The third-order valence-corrected chi connectivity index (χ3v) is 4.82. The Morgan fingerprint density at radius 2 is 1.96 bits per heavy atom. The summed E-state index contributed by atoms with van der Waals surface area (Å²) in [7, 11) is 1.49. The van der Waals surface area contributed by atoms with Gasteiger partial charge in [0, 0.05) is 12.0 Å². The topological polar surface area (TPSA) is 72.5 Å². The highest BCUT2D eigenvalue weighted by atomic mass is 16.6. The zero-order chi connectivity index (χ0) is 20.3. The van der Waals surface area contributed by atoms with E-state index in [2.05, 4.69) is 18.2 Å². The van der Waals surface area contributed by atoms with E-state index in [9.17, 15) is 4.79 Å². The van der Waals surface area contributed by atoms with Gasteiger partial charge in [0.1, 0.15) is 11.9 Å². The molecule has 0 unspecified atom stereocenters. The molecule has 1 aromatic heterocycles. The van der Waals surface area contributed by atoms with Crippen LogP contribution >= 0.6 is 0 Å². The van der Waals surface area contributed by atoms with Gasteiger partial charge in [-0.05, 0) is 44.0 Å². The van der Waals surface area contributed by atoms with Gasteiger partial charge in [0.05, 0.1) is 30.9 Å². The molecule has 0 amide bonds. The van der Waals surface area contributed by atoms with Crippen LogP contribution in [-0.2, 0) is 4.74 Å². The number of rotatable bonds is 4. The Balaban J connectivity index is 1.79. The van der Waals surface area contributed by atoms with E-state index in [1.165, 1.54) is 7.11 Å². The number of benzene rings is 1. The summed E-state index contributed by atoms with van der Waals surface area (Å²) in [6.45, 7) is 5.97. The number of allylic oxidation sites excluding steroid dienone is 2. The molecule has 3 rings (SSSR count). The second-order valence-corrected chi connectivity index (χ2v) is 6.97. The second-order valence-electron chi connectivity index (χ2n) is 6.97. The van der Waals surface area contributed by atoms with E-state index >= 15 is 0 Å². The van der Waals surface area contributed by atoms with Gasteiger partial charge in [-0.25, -0.2) is 0 Å². The van der Waals surface area contributed by atoms with E-state index in [4.69, 9.17) is 19.2 Å². The Hall–Kier alpha value is -3.10. The molecule has 5 heteroatoms. The fourth-order valence-electron chi connectivity index (χ4n) is 3.35. The van der Waals surface area contributed by atoms with E-state index < -0.39 is 0 Å². The molecule has 1 aromatic carbocycles. The fourth-order valence-corrected chi connectivity index (χ4v) is 3.35. The molecule has 1 fully saturated rings. The van der Waals surface area contributed by atoms with Gasteiger partial charge < -0.3 is 13.9 Å². The van der Waals surface area contributed by atoms with E-state index in [-0.39, 0.29) is 17.5 Å². The first-order chi connectivity index (χ1) is 13.4. The normalized spacial score (nSPS) is 18.3. The zero-order valence-electron chi connectivity index (χ0n) is 16.5. The molecule has 5 nitrogen and oxygen atoms in total. The van der Waals surface area contributed by atoms with Crippen molar-refractivity contribution < 1.29 is 13.9 Å². The lowest BCUT2D eigenvalue weighted by molar-refractivity contribution is 0.0880. The van der Waals surface area contributed by atoms with Gasteiger partial charge in [-0.3, -0.25) is 4.79 Å². The van der Waals surface area contributed by atoms with Gasteiger partial charge in [-0.1, -0.05) is 29.9 Å². The Kier molecular flexibility index (Phi) is 5.81. The standard InChI is InChI=1S/C23H23NO4/c1-14(9-17-5-7-18(12-24)8-6-17)10-19-11-20(27-13-19)22-15(2)21(25)16(3)23(26-4)28-22/h5-10,20H,11,13H2,1-4H3/b14-9-,19-10-/t20-/m0/s1. The molecular formula is C23H23NO4. The molecule has 0 radical (unpaired) electrons. The molecule has 0 saturated carbocycles. The van der Waals surface area contributed by atoms with Crippen molar-refractivity contribution in [3.8, 4) is 12.0 Å². The van der Waals surface area contributed by atoms with Crippen LogP contribution in [0.3, 0.4) is 0 Å². The van der Waals surface area contributed by atoms with Crippen molar-refractivity contribution >= 4 is 6.08 Å². The zero-order valence-corrected chi connectivity index (χ0v) is 16.5. The van der Waals surface area contributed by atoms with Crippen molar-refractivity contribution in [2.24, 2.45) is 0 Å².